The molecule has 0 radical (unpaired) electrons. The second kappa shape index (κ2) is 11.9. The molecule has 1 saturated heterocycles. The van der Waals surface area contributed by atoms with Gasteiger partial charge in [-0.2, -0.15) is 0 Å². The van der Waals surface area contributed by atoms with Crippen LogP contribution in [0.5, 0.6) is 0 Å². The van der Waals surface area contributed by atoms with Crippen molar-refractivity contribution in [2.24, 2.45) is 0 Å². The average Bonchev–Trinajstić information content (AvgIpc) is 2.94. The summed E-state index contributed by atoms with van der Waals surface area (Å²) in [5.41, 5.74) is -2.44. The number of pyridine rings is 2. The highest BCUT2D eigenvalue weighted by Crippen LogP contribution is 2.36. The number of amides is 1. The number of halogens is 3. The molecule has 43 heavy (non-hydrogen) atoms. The van der Waals surface area contributed by atoms with Gasteiger partial charge in [0.05, 0.1) is 52.8 Å². The first-order valence-electron chi connectivity index (χ1n) is 13.5. The summed E-state index contributed by atoms with van der Waals surface area (Å²) in [6.07, 6.45) is 3.85. The molecule has 4 rings (SSSR count). The summed E-state index contributed by atoms with van der Waals surface area (Å²) < 4.78 is 18.0. The highest BCUT2D eigenvalue weighted by Gasteiger charge is 2.46. The Morgan fingerprint density at radius 2 is 1.81 bits per heavy atom. The molecule has 1 amide bonds. The van der Waals surface area contributed by atoms with Gasteiger partial charge in [-0.3, -0.25) is 28.5 Å². The quantitative estimate of drug-likeness (QED) is 0.139. The van der Waals surface area contributed by atoms with Gasteiger partial charge in [0, 0.05) is 11.2 Å². The Labute approximate surface area is 257 Å². The summed E-state index contributed by atoms with van der Waals surface area (Å²) in [4.78, 5) is 50.3. The van der Waals surface area contributed by atoms with Gasteiger partial charge in [-0.05, 0) is 41.7 Å². The number of nitrogens with zero attached hydrogens (tertiary/aromatic N) is 5. The minimum atomic E-state index is -2.00. The average molecular weight is 629 g/mol. The fourth-order valence-electron chi connectivity index (χ4n) is 5.20. The Morgan fingerprint density at radius 1 is 1.16 bits per heavy atom. The van der Waals surface area contributed by atoms with Crippen LogP contribution in [0.3, 0.4) is 0 Å². The number of aliphatic hydroxyl groups excluding tert-OH is 1. The van der Waals surface area contributed by atoms with Crippen molar-refractivity contribution in [1.82, 2.24) is 24.0 Å². The van der Waals surface area contributed by atoms with E-state index >= 15 is 4.39 Å². The highest BCUT2D eigenvalue weighted by atomic mass is 35.5. The Balaban J connectivity index is 2.16. The van der Waals surface area contributed by atoms with E-state index in [0.717, 1.165) is 22.3 Å². The van der Waals surface area contributed by atoms with Gasteiger partial charge in [0.25, 0.3) is 0 Å². The fraction of sp³-hybridized carbons (Fsp3) is 0.323. The van der Waals surface area contributed by atoms with Crippen LogP contribution in [-0.2, 0) is 11.3 Å². The fourth-order valence-corrected chi connectivity index (χ4v) is 5.63. The molecule has 1 fully saturated rings. The second-order valence-electron chi connectivity index (χ2n) is 11.1. The molecule has 0 bridgehead atoms. The lowest BCUT2D eigenvalue weighted by atomic mass is 9.95. The third-order valence-corrected chi connectivity index (χ3v) is 7.76. The van der Waals surface area contributed by atoms with Crippen molar-refractivity contribution in [3.05, 3.63) is 104 Å². The van der Waals surface area contributed by atoms with E-state index in [2.05, 4.69) is 29.7 Å². The Morgan fingerprint density at radius 3 is 2.35 bits per heavy atom. The van der Waals surface area contributed by atoms with Crippen molar-refractivity contribution in [2.45, 2.75) is 51.7 Å². The Hall–Kier alpha value is -4.02. The van der Waals surface area contributed by atoms with Crippen LogP contribution < -0.4 is 11.1 Å². The van der Waals surface area contributed by atoms with Gasteiger partial charge in [0.1, 0.15) is 5.76 Å². The number of fused-ring (bicyclic) bond motifs is 1. The second-order valence-corrected chi connectivity index (χ2v) is 11.9. The zero-order chi connectivity index (χ0) is 32.0. The standard InChI is InChI=1S/C31H32Cl2FN5O4/c1-8-22(40)24(18(7)32)26-20(33)12-21-28(36-26)39(27-19(16(3)4)10-11-35-25(27)17(5)6)30(43)29(42)38(21)15-31(34)13-37(14-31)23(41)9-2/h8-12,16-17,40H,1-2,7,13-15H2,3-6H3/b24-22+. The number of aromatic nitrogens is 4. The molecule has 0 aromatic carbocycles. The van der Waals surface area contributed by atoms with Crippen molar-refractivity contribution >= 4 is 45.8 Å². The molecule has 0 saturated carbocycles. The first kappa shape index (κ1) is 31.9. The molecule has 1 aliphatic heterocycles. The molecule has 3 aromatic rings. The van der Waals surface area contributed by atoms with Crippen molar-refractivity contribution in [2.75, 3.05) is 13.1 Å². The first-order chi connectivity index (χ1) is 20.1. The summed E-state index contributed by atoms with van der Waals surface area (Å²) in [5, 5.41) is 10.4. The van der Waals surface area contributed by atoms with Gasteiger partial charge in [-0.1, -0.05) is 70.6 Å². The van der Waals surface area contributed by atoms with E-state index < -0.39 is 29.2 Å². The van der Waals surface area contributed by atoms with Gasteiger partial charge >= 0.3 is 11.1 Å². The van der Waals surface area contributed by atoms with Crippen LogP contribution in [0.15, 0.2) is 70.6 Å². The van der Waals surface area contributed by atoms with Crippen molar-refractivity contribution in [1.29, 1.82) is 0 Å². The van der Waals surface area contributed by atoms with Gasteiger partial charge < -0.3 is 10.0 Å². The number of likely N-dealkylation sites (tertiary alicyclic amines) is 1. The van der Waals surface area contributed by atoms with Gasteiger partial charge in [0.15, 0.2) is 11.3 Å². The van der Waals surface area contributed by atoms with Gasteiger partial charge in [0.2, 0.25) is 5.91 Å². The van der Waals surface area contributed by atoms with Crippen LogP contribution >= 0.6 is 23.2 Å². The summed E-state index contributed by atoms with van der Waals surface area (Å²) in [6.45, 7) is 17.2. The number of alkyl halides is 1. The Bertz CT molecular complexity index is 1810. The van der Waals surface area contributed by atoms with E-state index in [9.17, 15) is 19.5 Å². The van der Waals surface area contributed by atoms with E-state index in [0.29, 0.717) is 11.4 Å². The third-order valence-electron chi connectivity index (χ3n) is 7.28. The summed E-state index contributed by atoms with van der Waals surface area (Å²) in [5.74, 6) is -1.07. The monoisotopic (exact) mass is 627 g/mol. The molecule has 0 spiro atoms. The highest BCUT2D eigenvalue weighted by molar-refractivity contribution is 6.39. The van der Waals surface area contributed by atoms with E-state index in [1.165, 1.54) is 15.5 Å². The largest absolute Gasteiger partial charge is 0.507 e. The zero-order valence-electron chi connectivity index (χ0n) is 24.3. The van der Waals surface area contributed by atoms with E-state index in [-0.39, 0.29) is 63.2 Å². The van der Waals surface area contributed by atoms with Gasteiger partial charge in [-0.25, -0.2) is 9.37 Å². The minimum absolute atomic E-state index is 0.0349. The number of allylic oxidation sites excluding steroid dienone is 3. The van der Waals surface area contributed by atoms with Crippen LogP contribution in [0.2, 0.25) is 5.02 Å². The van der Waals surface area contributed by atoms with Crippen LogP contribution in [0, 0.1) is 0 Å². The van der Waals surface area contributed by atoms with Crippen LogP contribution in [0.1, 0.15) is 56.5 Å². The zero-order valence-corrected chi connectivity index (χ0v) is 25.8. The van der Waals surface area contributed by atoms with Crippen molar-refractivity contribution in [3.63, 3.8) is 0 Å². The molecular weight excluding hydrogens is 596 g/mol. The van der Waals surface area contributed by atoms with Crippen molar-refractivity contribution < 1.29 is 14.3 Å². The maximum absolute atomic E-state index is 15.9. The molecule has 226 valence electrons. The maximum Gasteiger partial charge on any atom is 0.322 e. The number of hydrogen-bond acceptors (Lipinski definition) is 6. The molecule has 0 aliphatic carbocycles. The number of carbonyl (C=O) groups is 1. The number of aliphatic hydroxyl groups is 1. The normalized spacial score (nSPS) is 15.0. The summed E-state index contributed by atoms with van der Waals surface area (Å²) in [6, 6.07) is 3.13. The Kier molecular flexibility index (Phi) is 8.85. The van der Waals surface area contributed by atoms with E-state index in [1.54, 1.807) is 12.3 Å². The smallest absolute Gasteiger partial charge is 0.322 e. The van der Waals surface area contributed by atoms with Crippen molar-refractivity contribution in [3.8, 4) is 5.69 Å². The molecule has 3 aromatic heterocycles. The maximum atomic E-state index is 15.9. The molecular formula is C31H32Cl2FN5O4. The third kappa shape index (κ3) is 5.69. The van der Waals surface area contributed by atoms with Crippen LogP contribution in [0.25, 0.3) is 22.4 Å². The lowest BCUT2D eigenvalue weighted by Gasteiger charge is -2.44. The van der Waals surface area contributed by atoms with Crippen LogP contribution in [-0.4, -0.2) is 53.8 Å². The SMILES string of the molecule is C=CC(=O)N1CC(F)(Cn2c(=O)c(=O)n(-c3c(C(C)C)ccnc3C(C)C)c3nc(/C(C(=C)Cl)=C(/O)C=C)c(Cl)cc32)C1. The van der Waals surface area contributed by atoms with E-state index in [1.807, 2.05) is 27.7 Å². The predicted molar refractivity (Wildman–Crippen MR) is 168 cm³/mol. The lowest BCUT2D eigenvalue weighted by Crippen LogP contribution is -2.63. The number of hydrogen-bond donors (Lipinski definition) is 1. The molecule has 12 heteroatoms. The topological polar surface area (TPSA) is 110 Å². The lowest BCUT2D eigenvalue weighted by molar-refractivity contribution is -0.141. The first-order valence-corrected chi connectivity index (χ1v) is 14.3. The predicted octanol–water partition coefficient (Wildman–Crippen LogP) is 5.79. The molecule has 0 unspecified atom stereocenters. The minimum Gasteiger partial charge on any atom is -0.507 e. The molecule has 4 heterocycles. The van der Waals surface area contributed by atoms with E-state index in [4.69, 9.17) is 23.2 Å². The molecule has 9 nitrogen and oxygen atoms in total. The molecule has 1 N–H and O–H groups in total. The number of rotatable bonds is 9. The molecule has 0 atom stereocenters. The molecule has 1 aliphatic rings. The summed E-state index contributed by atoms with van der Waals surface area (Å²) >= 11 is 12.9. The summed E-state index contributed by atoms with van der Waals surface area (Å²) in [7, 11) is 0. The van der Waals surface area contributed by atoms with Crippen LogP contribution in [0.4, 0.5) is 4.39 Å². The number of carbonyl (C=O) groups excluding carboxylic acids is 1. The van der Waals surface area contributed by atoms with Gasteiger partial charge in [-0.15, -0.1) is 0 Å².